The number of aromatic nitrogens is 1. The molecule has 3 rings (SSSR count). The van der Waals surface area contributed by atoms with E-state index in [2.05, 4.69) is 4.98 Å². The van der Waals surface area contributed by atoms with Crippen molar-refractivity contribution in [3.8, 4) is 0 Å². The van der Waals surface area contributed by atoms with Crippen molar-refractivity contribution in [3.05, 3.63) is 53.7 Å². The Balaban J connectivity index is 1.79. The van der Waals surface area contributed by atoms with Crippen LogP contribution in [0.2, 0.25) is 0 Å². The number of carbonyl (C=O) groups is 2. The summed E-state index contributed by atoms with van der Waals surface area (Å²) in [4.78, 5) is 29.7. The Labute approximate surface area is 138 Å². The number of pyridine rings is 1. The van der Waals surface area contributed by atoms with Crippen molar-refractivity contribution in [2.24, 2.45) is 5.92 Å². The number of rotatable bonds is 5. The first-order valence-corrected chi connectivity index (χ1v) is 7.59. The third-order valence-electron chi connectivity index (χ3n) is 4.22. The number of hydrogen-bond donors (Lipinski definition) is 1. The highest BCUT2D eigenvalue weighted by molar-refractivity contribution is 5.92. The second kappa shape index (κ2) is 6.84. The van der Waals surface area contributed by atoms with Crippen LogP contribution in [0.1, 0.15) is 27.8 Å². The van der Waals surface area contributed by atoms with E-state index in [1.54, 1.807) is 43.8 Å². The zero-order valence-corrected chi connectivity index (χ0v) is 13.2. The topological polar surface area (TPSA) is 92.9 Å². The molecule has 1 aliphatic heterocycles. The minimum absolute atomic E-state index is 0.154. The normalized spacial score (nSPS) is 20.3. The second-order valence-corrected chi connectivity index (χ2v) is 5.74. The van der Waals surface area contributed by atoms with Gasteiger partial charge in [0.2, 0.25) is 0 Å². The SMILES string of the molecule is COCc1ccc(C(=O)N2C[C@@H](C(=O)O)[C@H](c3ccncc3)C2)o1. The molecule has 1 fully saturated rings. The summed E-state index contributed by atoms with van der Waals surface area (Å²) >= 11 is 0. The van der Waals surface area contributed by atoms with E-state index >= 15 is 0 Å². The van der Waals surface area contributed by atoms with Crippen LogP contribution in [-0.4, -0.2) is 47.1 Å². The van der Waals surface area contributed by atoms with Gasteiger partial charge in [0.15, 0.2) is 5.76 Å². The number of furan rings is 1. The number of carboxylic acid groups (broad SMARTS) is 1. The van der Waals surface area contributed by atoms with Gasteiger partial charge in [0.05, 0.1) is 5.92 Å². The number of methoxy groups -OCH3 is 1. The Morgan fingerprint density at radius 2 is 2.04 bits per heavy atom. The van der Waals surface area contributed by atoms with Gasteiger partial charge in [-0.25, -0.2) is 0 Å². The molecule has 0 spiro atoms. The quantitative estimate of drug-likeness (QED) is 0.898. The van der Waals surface area contributed by atoms with Gasteiger partial charge in [-0.3, -0.25) is 14.6 Å². The Hall–Kier alpha value is -2.67. The molecule has 1 N–H and O–H groups in total. The van der Waals surface area contributed by atoms with Crippen molar-refractivity contribution in [3.63, 3.8) is 0 Å². The summed E-state index contributed by atoms with van der Waals surface area (Å²) in [5, 5.41) is 9.50. The minimum Gasteiger partial charge on any atom is -0.481 e. The largest absolute Gasteiger partial charge is 0.481 e. The van der Waals surface area contributed by atoms with Gasteiger partial charge in [-0.15, -0.1) is 0 Å². The number of hydrogen-bond acceptors (Lipinski definition) is 5. The lowest BCUT2D eigenvalue weighted by Crippen LogP contribution is -2.29. The fourth-order valence-corrected chi connectivity index (χ4v) is 3.04. The van der Waals surface area contributed by atoms with E-state index in [4.69, 9.17) is 9.15 Å². The van der Waals surface area contributed by atoms with Crippen molar-refractivity contribution >= 4 is 11.9 Å². The van der Waals surface area contributed by atoms with Crippen LogP contribution >= 0.6 is 0 Å². The Kier molecular flexibility index (Phi) is 4.61. The standard InChI is InChI=1S/C17H18N2O5/c1-23-10-12-2-3-15(24-12)16(20)19-8-13(14(9-19)17(21)22)11-4-6-18-7-5-11/h2-7,13-14H,8-10H2,1H3,(H,21,22)/t13-,14+/m0/s1. The van der Waals surface area contributed by atoms with Crippen molar-refractivity contribution in [1.82, 2.24) is 9.88 Å². The fraction of sp³-hybridized carbons (Fsp3) is 0.353. The smallest absolute Gasteiger partial charge is 0.308 e. The molecule has 2 aromatic rings. The second-order valence-electron chi connectivity index (χ2n) is 5.74. The van der Waals surface area contributed by atoms with Crippen LogP contribution in [0.15, 0.2) is 41.1 Å². The van der Waals surface area contributed by atoms with Crippen molar-refractivity contribution in [2.75, 3.05) is 20.2 Å². The molecular weight excluding hydrogens is 312 g/mol. The Morgan fingerprint density at radius 1 is 1.29 bits per heavy atom. The van der Waals surface area contributed by atoms with Gasteiger partial charge < -0.3 is 19.2 Å². The average Bonchev–Trinajstić information content (AvgIpc) is 3.22. The van der Waals surface area contributed by atoms with Gasteiger partial charge in [-0.05, 0) is 29.8 Å². The van der Waals surface area contributed by atoms with Crippen molar-refractivity contribution in [1.29, 1.82) is 0 Å². The molecule has 1 saturated heterocycles. The third kappa shape index (κ3) is 3.16. The molecule has 3 heterocycles. The van der Waals surface area contributed by atoms with Crippen LogP contribution < -0.4 is 0 Å². The van der Waals surface area contributed by atoms with Gasteiger partial charge in [-0.1, -0.05) is 0 Å². The van der Waals surface area contributed by atoms with E-state index in [-0.39, 0.29) is 30.7 Å². The first kappa shape index (κ1) is 16.2. The van der Waals surface area contributed by atoms with Gasteiger partial charge >= 0.3 is 5.97 Å². The van der Waals surface area contributed by atoms with E-state index < -0.39 is 11.9 Å². The van der Waals surface area contributed by atoms with Crippen molar-refractivity contribution in [2.45, 2.75) is 12.5 Å². The molecule has 1 amide bonds. The van der Waals surface area contributed by atoms with Crippen LogP contribution in [0.3, 0.4) is 0 Å². The number of likely N-dealkylation sites (tertiary alicyclic amines) is 1. The summed E-state index contributed by atoms with van der Waals surface area (Å²) in [7, 11) is 1.54. The van der Waals surface area contributed by atoms with Crippen LogP contribution in [-0.2, 0) is 16.1 Å². The van der Waals surface area contributed by atoms with E-state index in [0.29, 0.717) is 12.3 Å². The third-order valence-corrected chi connectivity index (χ3v) is 4.22. The van der Waals surface area contributed by atoms with Gasteiger partial charge in [-0.2, -0.15) is 0 Å². The Morgan fingerprint density at radius 3 is 2.71 bits per heavy atom. The minimum atomic E-state index is -0.911. The first-order chi connectivity index (χ1) is 11.6. The monoisotopic (exact) mass is 330 g/mol. The number of nitrogens with zero attached hydrogens (tertiary/aromatic N) is 2. The van der Waals surface area contributed by atoms with Gasteiger partial charge in [0.1, 0.15) is 12.4 Å². The summed E-state index contributed by atoms with van der Waals surface area (Å²) in [6.45, 7) is 0.770. The summed E-state index contributed by atoms with van der Waals surface area (Å²) in [6.07, 6.45) is 3.25. The zero-order chi connectivity index (χ0) is 17.1. The molecule has 2 atom stereocenters. The average molecular weight is 330 g/mol. The molecule has 7 nitrogen and oxygen atoms in total. The lowest BCUT2D eigenvalue weighted by Gasteiger charge is -2.15. The number of carbonyl (C=O) groups excluding carboxylic acids is 1. The van der Waals surface area contributed by atoms with E-state index in [0.717, 1.165) is 5.56 Å². The van der Waals surface area contributed by atoms with Crippen LogP contribution in [0, 0.1) is 5.92 Å². The number of carboxylic acids is 1. The van der Waals surface area contributed by atoms with E-state index in [1.165, 1.54) is 4.90 Å². The zero-order valence-electron chi connectivity index (χ0n) is 13.2. The molecule has 0 aromatic carbocycles. The first-order valence-electron chi connectivity index (χ1n) is 7.59. The highest BCUT2D eigenvalue weighted by atomic mass is 16.5. The number of aliphatic carboxylic acids is 1. The summed E-state index contributed by atoms with van der Waals surface area (Å²) in [5.41, 5.74) is 0.868. The van der Waals surface area contributed by atoms with Crippen LogP contribution in [0.5, 0.6) is 0 Å². The summed E-state index contributed by atoms with van der Waals surface area (Å²) in [6, 6.07) is 6.85. The molecule has 0 saturated carbocycles. The van der Waals surface area contributed by atoms with Crippen LogP contribution in [0.25, 0.3) is 0 Å². The summed E-state index contributed by atoms with van der Waals surface area (Å²) in [5.74, 6) is -1.37. The van der Waals surface area contributed by atoms with Crippen LogP contribution in [0.4, 0.5) is 0 Å². The maximum absolute atomic E-state index is 12.6. The molecule has 24 heavy (non-hydrogen) atoms. The molecule has 2 aromatic heterocycles. The predicted octanol–water partition coefficient (Wildman–Crippen LogP) is 1.76. The highest BCUT2D eigenvalue weighted by Crippen LogP contribution is 2.33. The van der Waals surface area contributed by atoms with Gasteiger partial charge in [0, 0.05) is 38.5 Å². The van der Waals surface area contributed by atoms with E-state index in [1.807, 2.05) is 0 Å². The Bertz CT molecular complexity index is 728. The molecule has 7 heteroatoms. The molecule has 0 unspecified atom stereocenters. The molecule has 0 aliphatic carbocycles. The predicted molar refractivity (Wildman–Crippen MR) is 83.4 cm³/mol. The molecule has 126 valence electrons. The molecule has 0 bridgehead atoms. The van der Waals surface area contributed by atoms with Crippen molar-refractivity contribution < 1.29 is 23.8 Å². The highest BCUT2D eigenvalue weighted by Gasteiger charge is 2.41. The molecule has 1 aliphatic rings. The fourth-order valence-electron chi connectivity index (χ4n) is 3.04. The summed E-state index contributed by atoms with van der Waals surface area (Å²) < 4.78 is 10.4. The maximum atomic E-state index is 12.6. The number of amides is 1. The maximum Gasteiger partial charge on any atom is 0.308 e. The lowest BCUT2D eigenvalue weighted by atomic mass is 9.90. The lowest BCUT2D eigenvalue weighted by molar-refractivity contribution is -0.141. The number of ether oxygens (including phenoxy) is 1. The molecular formula is C17H18N2O5. The molecule has 0 radical (unpaired) electrons. The van der Waals surface area contributed by atoms with Gasteiger partial charge in [0.25, 0.3) is 5.91 Å². The van der Waals surface area contributed by atoms with E-state index in [9.17, 15) is 14.7 Å².